The van der Waals surface area contributed by atoms with Gasteiger partial charge in [-0.3, -0.25) is 0 Å². The third-order valence-electron chi connectivity index (χ3n) is 2.95. The molecule has 0 atom stereocenters. The van der Waals surface area contributed by atoms with Crippen molar-refractivity contribution in [3.8, 4) is 0 Å². The number of nitrogens with zero attached hydrogens (tertiary/aromatic N) is 3. The zero-order valence-electron chi connectivity index (χ0n) is 9.89. The second kappa shape index (κ2) is 4.58. The Bertz CT molecular complexity index is 498. The predicted octanol–water partition coefficient (Wildman–Crippen LogP) is 1.95. The van der Waals surface area contributed by atoms with Crippen LogP contribution in [0.15, 0.2) is 17.9 Å². The fourth-order valence-corrected chi connectivity index (χ4v) is 2.43. The Labute approximate surface area is 105 Å². The summed E-state index contributed by atoms with van der Waals surface area (Å²) in [5.41, 5.74) is 2.36. The molecule has 90 valence electrons. The fraction of sp³-hybridized carbons (Fsp3) is 0.500. The van der Waals surface area contributed by atoms with Crippen LogP contribution in [0.1, 0.15) is 29.2 Å². The molecule has 0 radical (unpaired) electrons. The zero-order chi connectivity index (χ0) is 11.7. The number of aromatic nitrogens is 3. The van der Waals surface area contributed by atoms with Crippen LogP contribution in [0.4, 0.5) is 0 Å². The van der Waals surface area contributed by atoms with E-state index in [9.17, 15) is 0 Å². The zero-order valence-corrected chi connectivity index (χ0v) is 10.7. The average Bonchev–Trinajstić information content (AvgIpc) is 2.90. The summed E-state index contributed by atoms with van der Waals surface area (Å²) >= 11 is 1.70. The maximum absolute atomic E-state index is 4.48. The summed E-state index contributed by atoms with van der Waals surface area (Å²) in [4.78, 5) is 8.71. The molecule has 4 nitrogen and oxygen atoms in total. The van der Waals surface area contributed by atoms with Crippen molar-refractivity contribution < 1.29 is 0 Å². The lowest BCUT2D eigenvalue weighted by Crippen LogP contribution is -2.18. The molecule has 1 aliphatic carbocycles. The van der Waals surface area contributed by atoms with Gasteiger partial charge in [0.1, 0.15) is 0 Å². The summed E-state index contributed by atoms with van der Waals surface area (Å²) in [6, 6.07) is 0.736. The Morgan fingerprint density at radius 2 is 2.41 bits per heavy atom. The van der Waals surface area contributed by atoms with E-state index in [-0.39, 0.29) is 0 Å². The number of nitrogens with one attached hydrogen (secondary N) is 1. The molecule has 1 fully saturated rings. The van der Waals surface area contributed by atoms with E-state index in [1.165, 1.54) is 18.5 Å². The number of thiazole rings is 1. The third kappa shape index (κ3) is 2.73. The minimum absolute atomic E-state index is 0.736. The van der Waals surface area contributed by atoms with Crippen LogP contribution < -0.4 is 5.32 Å². The van der Waals surface area contributed by atoms with Crippen molar-refractivity contribution in [2.24, 2.45) is 0 Å². The first kappa shape index (κ1) is 10.9. The molecular weight excluding hydrogens is 232 g/mol. The standard InChI is InChI=1S/C12H16N4S/c1-9-15-11(7-17-9)6-16-8-13-4-12(16)5-14-10-2-3-10/h4,7-8,10,14H,2-3,5-6H2,1H3. The van der Waals surface area contributed by atoms with Crippen molar-refractivity contribution in [2.75, 3.05) is 0 Å². The topological polar surface area (TPSA) is 42.7 Å². The summed E-state index contributed by atoms with van der Waals surface area (Å²) < 4.78 is 2.17. The highest BCUT2D eigenvalue weighted by atomic mass is 32.1. The largest absolute Gasteiger partial charge is 0.327 e. The first-order valence-corrected chi connectivity index (χ1v) is 6.82. The van der Waals surface area contributed by atoms with Crippen molar-refractivity contribution in [3.63, 3.8) is 0 Å². The van der Waals surface area contributed by atoms with E-state index in [0.717, 1.165) is 29.8 Å². The van der Waals surface area contributed by atoms with Crippen molar-refractivity contribution in [2.45, 2.75) is 38.9 Å². The molecule has 3 rings (SSSR count). The van der Waals surface area contributed by atoms with Gasteiger partial charge in [0.25, 0.3) is 0 Å². The Morgan fingerprint density at radius 3 is 3.12 bits per heavy atom. The molecule has 17 heavy (non-hydrogen) atoms. The third-order valence-corrected chi connectivity index (χ3v) is 3.77. The molecule has 0 aliphatic heterocycles. The molecule has 5 heteroatoms. The fourth-order valence-electron chi connectivity index (χ4n) is 1.83. The van der Waals surface area contributed by atoms with Gasteiger partial charge in [0.05, 0.1) is 29.3 Å². The predicted molar refractivity (Wildman–Crippen MR) is 68.0 cm³/mol. The molecule has 0 aromatic carbocycles. The van der Waals surface area contributed by atoms with Gasteiger partial charge in [-0.25, -0.2) is 9.97 Å². The number of hydrogen-bond donors (Lipinski definition) is 1. The van der Waals surface area contributed by atoms with Gasteiger partial charge < -0.3 is 9.88 Å². The first-order chi connectivity index (χ1) is 8.31. The molecule has 2 heterocycles. The van der Waals surface area contributed by atoms with Gasteiger partial charge in [-0.15, -0.1) is 11.3 Å². The molecule has 0 bridgehead atoms. The molecule has 0 unspecified atom stereocenters. The lowest BCUT2D eigenvalue weighted by molar-refractivity contribution is 0.631. The minimum atomic E-state index is 0.736. The summed E-state index contributed by atoms with van der Waals surface area (Å²) in [5, 5.41) is 6.75. The normalized spacial score (nSPS) is 15.4. The second-order valence-corrected chi connectivity index (χ2v) is 5.59. The van der Waals surface area contributed by atoms with E-state index in [1.54, 1.807) is 11.3 Å². The Morgan fingerprint density at radius 1 is 1.53 bits per heavy atom. The summed E-state index contributed by atoms with van der Waals surface area (Å²) in [6.07, 6.45) is 6.46. The molecule has 1 aliphatic rings. The second-order valence-electron chi connectivity index (χ2n) is 4.53. The van der Waals surface area contributed by atoms with Crippen LogP contribution in [-0.2, 0) is 13.1 Å². The van der Waals surface area contributed by atoms with Crippen LogP contribution in [0.25, 0.3) is 0 Å². The summed E-state index contributed by atoms with van der Waals surface area (Å²) in [6.45, 7) is 3.78. The molecule has 2 aromatic heterocycles. The van der Waals surface area contributed by atoms with Crippen LogP contribution in [0.3, 0.4) is 0 Å². The van der Waals surface area contributed by atoms with Gasteiger partial charge >= 0.3 is 0 Å². The molecular formula is C12H16N4S. The number of imidazole rings is 1. The summed E-state index contributed by atoms with van der Waals surface area (Å²) in [7, 11) is 0. The first-order valence-electron chi connectivity index (χ1n) is 5.94. The molecule has 0 spiro atoms. The molecule has 1 saturated carbocycles. The lowest BCUT2D eigenvalue weighted by Gasteiger charge is -2.07. The maximum Gasteiger partial charge on any atom is 0.0952 e. The molecule has 0 amide bonds. The van der Waals surface area contributed by atoms with Crippen LogP contribution in [-0.4, -0.2) is 20.6 Å². The minimum Gasteiger partial charge on any atom is -0.327 e. The highest BCUT2D eigenvalue weighted by Gasteiger charge is 2.20. The lowest BCUT2D eigenvalue weighted by atomic mass is 10.4. The highest BCUT2D eigenvalue weighted by Crippen LogP contribution is 2.19. The number of aryl methyl sites for hydroxylation is 1. The van der Waals surface area contributed by atoms with Gasteiger partial charge in [0.15, 0.2) is 0 Å². The van der Waals surface area contributed by atoms with E-state index < -0.39 is 0 Å². The Balaban J connectivity index is 1.67. The summed E-state index contributed by atoms with van der Waals surface area (Å²) in [5.74, 6) is 0. The van der Waals surface area contributed by atoms with E-state index in [1.807, 2.05) is 19.4 Å². The maximum atomic E-state index is 4.48. The highest BCUT2D eigenvalue weighted by molar-refractivity contribution is 7.09. The SMILES string of the molecule is Cc1nc(Cn2cncc2CNC2CC2)cs1. The van der Waals surface area contributed by atoms with Crippen LogP contribution in [0.5, 0.6) is 0 Å². The smallest absolute Gasteiger partial charge is 0.0952 e. The number of hydrogen-bond acceptors (Lipinski definition) is 4. The van der Waals surface area contributed by atoms with Gasteiger partial charge in [-0.1, -0.05) is 0 Å². The van der Waals surface area contributed by atoms with Gasteiger partial charge in [0.2, 0.25) is 0 Å². The number of rotatable bonds is 5. The quantitative estimate of drug-likeness (QED) is 0.879. The van der Waals surface area contributed by atoms with Gasteiger partial charge in [0, 0.05) is 24.2 Å². The molecule has 1 N–H and O–H groups in total. The molecule has 0 saturated heterocycles. The molecule has 2 aromatic rings. The van der Waals surface area contributed by atoms with Crippen LogP contribution in [0.2, 0.25) is 0 Å². The van der Waals surface area contributed by atoms with E-state index in [2.05, 4.69) is 25.2 Å². The van der Waals surface area contributed by atoms with Gasteiger partial charge in [-0.05, 0) is 19.8 Å². The van der Waals surface area contributed by atoms with Crippen LogP contribution in [0, 0.1) is 6.92 Å². The van der Waals surface area contributed by atoms with Crippen LogP contribution >= 0.6 is 11.3 Å². The van der Waals surface area contributed by atoms with Gasteiger partial charge in [-0.2, -0.15) is 0 Å². The van der Waals surface area contributed by atoms with E-state index >= 15 is 0 Å². The van der Waals surface area contributed by atoms with Crippen molar-refractivity contribution in [3.05, 3.63) is 34.3 Å². The Hall–Kier alpha value is -1.20. The van der Waals surface area contributed by atoms with Crippen molar-refractivity contribution >= 4 is 11.3 Å². The van der Waals surface area contributed by atoms with Crippen molar-refractivity contribution in [1.82, 2.24) is 19.9 Å². The monoisotopic (exact) mass is 248 g/mol. The average molecular weight is 248 g/mol. The van der Waals surface area contributed by atoms with E-state index in [0.29, 0.717) is 0 Å². The van der Waals surface area contributed by atoms with Crippen molar-refractivity contribution in [1.29, 1.82) is 0 Å². The Kier molecular flexibility index (Phi) is 2.94. The van der Waals surface area contributed by atoms with E-state index in [4.69, 9.17) is 0 Å².